The minimum atomic E-state index is -0.0172. The molecule has 6 heteroatoms. The maximum absolute atomic E-state index is 12.7. The van der Waals surface area contributed by atoms with E-state index in [2.05, 4.69) is 38.0 Å². The third-order valence-electron chi connectivity index (χ3n) is 5.22. The molecule has 2 aromatic heterocycles. The third kappa shape index (κ3) is 4.42. The Morgan fingerprint density at radius 2 is 2.04 bits per heavy atom. The zero-order valence-electron chi connectivity index (χ0n) is 16.3. The van der Waals surface area contributed by atoms with E-state index in [-0.39, 0.29) is 11.6 Å². The first-order valence-corrected chi connectivity index (χ1v) is 10.7. The van der Waals surface area contributed by atoms with Crippen molar-refractivity contribution in [2.24, 2.45) is 5.92 Å². The zero-order valence-corrected chi connectivity index (χ0v) is 17.9. The number of aromatic amines is 1. The highest BCUT2D eigenvalue weighted by molar-refractivity contribution is 7.18. The molecule has 2 heterocycles. The normalized spacial score (nSPS) is 13.8. The van der Waals surface area contributed by atoms with Crippen molar-refractivity contribution in [1.29, 1.82) is 0 Å². The van der Waals surface area contributed by atoms with Crippen LogP contribution in [0.15, 0.2) is 29.1 Å². The van der Waals surface area contributed by atoms with Crippen molar-refractivity contribution in [3.63, 3.8) is 0 Å². The van der Waals surface area contributed by atoms with E-state index in [4.69, 9.17) is 16.6 Å². The van der Waals surface area contributed by atoms with Gasteiger partial charge in [-0.15, -0.1) is 11.3 Å². The Morgan fingerprint density at radius 3 is 2.74 bits per heavy atom. The number of halogens is 1. The standard InChI is InChI=1S/C21H26ClN3OS/c1-5-12(2)10-16-14(4)27-21-19(16)20(26)24-18(25-21)11-23-13(3)15-8-6-7-9-17(15)22/h6-9,12-13,23H,5,10-11H2,1-4H3,(H,24,25,26)/p+1/t12-,13-/m1/s1. The van der Waals surface area contributed by atoms with Crippen LogP contribution in [0.3, 0.4) is 0 Å². The lowest BCUT2D eigenvalue weighted by Crippen LogP contribution is -2.83. The lowest BCUT2D eigenvalue weighted by atomic mass is 9.98. The lowest BCUT2D eigenvalue weighted by molar-refractivity contribution is -0.708. The quantitative estimate of drug-likeness (QED) is 0.614. The summed E-state index contributed by atoms with van der Waals surface area (Å²) in [5.74, 6) is 1.27. The second kappa shape index (κ2) is 8.55. The third-order valence-corrected chi connectivity index (χ3v) is 6.61. The van der Waals surface area contributed by atoms with Crippen LogP contribution in [0.2, 0.25) is 5.02 Å². The molecule has 3 aromatic rings. The van der Waals surface area contributed by atoms with Gasteiger partial charge in [0.1, 0.15) is 17.4 Å². The second-order valence-electron chi connectivity index (χ2n) is 7.30. The smallest absolute Gasteiger partial charge is 0.260 e. The molecule has 3 N–H and O–H groups in total. The van der Waals surface area contributed by atoms with E-state index in [0.29, 0.717) is 18.3 Å². The Bertz CT molecular complexity index is 995. The molecule has 0 aliphatic heterocycles. The van der Waals surface area contributed by atoms with Crippen molar-refractivity contribution in [3.8, 4) is 0 Å². The highest BCUT2D eigenvalue weighted by Crippen LogP contribution is 2.29. The van der Waals surface area contributed by atoms with Gasteiger partial charge < -0.3 is 10.3 Å². The number of rotatable bonds is 7. The number of aryl methyl sites for hydroxylation is 1. The van der Waals surface area contributed by atoms with Crippen molar-refractivity contribution >= 4 is 33.2 Å². The van der Waals surface area contributed by atoms with Crippen LogP contribution in [0.25, 0.3) is 10.2 Å². The molecule has 0 aliphatic carbocycles. The zero-order chi connectivity index (χ0) is 19.6. The number of fused-ring (bicyclic) bond motifs is 1. The van der Waals surface area contributed by atoms with Crippen LogP contribution in [0.5, 0.6) is 0 Å². The first-order valence-electron chi connectivity index (χ1n) is 9.49. The molecule has 0 amide bonds. The van der Waals surface area contributed by atoms with E-state index in [1.54, 1.807) is 11.3 Å². The minimum Gasteiger partial charge on any atom is -0.334 e. The van der Waals surface area contributed by atoms with Gasteiger partial charge in [0.05, 0.1) is 5.39 Å². The Morgan fingerprint density at radius 1 is 1.30 bits per heavy atom. The molecule has 2 atom stereocenters. The van der Waals surface area contributed by atoms with Gasteiger partial charge in [0, 0.05) is 15.5 Å². The summed E-state index contributed by atoms with van der Waals surface area (Å²) in [6, 6.07) is 8.05. The number of quaternary nitrogens is 1. The summed E-state index contributed by atoms with van der Waals surface area (Å²) in [7, 11) is 0. The van der Waals surface area contributed by atoms with Crippen molar-refractivity contribution in [1.82, 2.24) is 9.97 Å². The number of nitrogens with two attached hydrogens (primary N) is 1. The highest BCUT2D eigenvalue weighted by Gasteiger charge is 2.18. The minimum absolute atomic E-state index is 0.0172. The molecule has 1 aromatic carbocycles. The molecule has 3 rings (SSSR count). The maximum atomic E-state index is 12.7. The molecule has 0 saturated carbocycles. The van der Waals surface area contributed by atoms with Gasteiger partial charge in [0.2, 0.25) is 0 Å². The van der Waals surface area contributed by atoms with E-state index < -0.39 is 0 Å². The molecular weight excluding hydrogens is 378 g/mol. The fraction of sp³-hybridized carbons (Fsp3) is 0.429. The Hall–Kier alpha value is -1.69. The van der Waals surface area contributed by atoms with E-state index in [1.807, 2.05) is 24.3 Å². The molecule has 0 unspecified atom stereocenters. The monoisotopic (exact) mass is 404 g/mol. The largest absolute Gasteiger partial charge is 0.334 e. The molecule has 0 spiro atoms. The predicted octanol–water partition coefficient (Wildman–Crippen LogP) is 4.36. The van der Waals surface area contributed by atoms with Gasteiger partial charge >= 0.3 is 0 Å². The number of hydrogen-bond acceptors (Lipinski definition) is 3. The van der Waals surface area contributed by atoms with Crippen LogP contribution in [-0.2, 0) is 13.0 Å². The van der Waals surface area contributed by atoms with Gasteiger partial charge in [-0.05, 0) is 37.8 Å². The van der Waals surface area contributed by atoms with Gasteiger partial charge in [-0.25, -0.2) is 4.98 Å². The fourth-order valence-electron chi connectivity index (χ4n) is 3.31. The molecule has 0 bridgehead atoms. The summed E-state index contributed by atoms with van der Waals surface area (Å²) in [4.78, 5) is 22.5. The molecule has 4 nitrogen and oxygen atoms in total. The first kappa shape index (κ1) is 20.1. The molecule has 0 saturated heterocycles. The van der Waals surface area contributed by atoms with E-state index in [1.165, 1.54) is 4.88 Å². The number of hydrogen-bond donors (Lipinski definition) is 2. The highest BCUT2D eigenvalue weighted by atomic mass is 35.5. The molecule has 27 heavy (non-hydrogen) atoms. The van der Waals surface area contributed by atoms with E-state index in [9.17, 15) is 4.79 Å². The van der Waals surface area contributed by atoms with Crippen molar-refractivity contribution in [2.75, 3.05) is 0 Å². The molecular formula is C21H27ClN3OS+. The van der Waals surface area contributed by atoms with Crippen molar-refractivity contribution in [3.05, 3.63) is 61.5 Å². The van der Waals surface area contributed by atoms with Gasteiger partial charge in [-0.1, -0.05) is 50.1 Å². The molecule has 0 radical (unpaired) electrons. The average Bonchev–Trinajstić information content (AvgIpc) is 2.95. The summed E-state index contributed by atoms with van der Waals surface area (Å²) in [5, 5.41) is 3.69. The van der Waals surface area contributed by atoms with Crippen molar-refractivity contribution in [2.45, 2.75) is 53.1 Å². The summed E-state index contributed by atoms with van der Waals surface area (Å²) in [5.41, 5.74) is 2.24. The van der Waals surface area contributed by atoms with Crippen LogP contribution in [0, 0.1) is 12.8 Å². The summed E-state index contributed by atoms with van der Waals surface area (Å²) in [6.45, 7) is 9.22. The maximum Gasteiger partial charge on any atom is 0.260 e. The number of aromatic nitrogens is 2. The van der Waals surface area contributed by atoms with Crippen LogP contribution in [0.1, 0.15) is 55.1 Å². The number of nitrogens with one attached hydrogen (secondary N) is 1. The van der Waals surface area contributed by atoms with Gasteiger partial charge in [-0.2, -0.15) is 0 Å². The fourth-order valence-corrected chi connectivity index (χ4v) is 4.69. The van der Waals surface area contributed by atoms with Crippen LogP contribution in [-0.4, -0.2) is 9.97 Å². The predicted molar refractivity (Wildman–Crippen MR) is 114 cm³/mol. The lowest BCUT2D eigenvalue weighted by Gasteiger charge is -2.12. The Kier molecular flexibility index (Phi) is 6.35. The Labute approximate surface area is 169 Å². The van der Waals surface area contributed by atoms with Gasteiger partial charge in [0.25, 0.3) is 5.56 Å². The Balaban J connectivity index is 1.83. The number of H-pyrrole nitrogens is 1. The number of nitrogens with zero attached hydrogens (tertiary/aromatic N) is 1. The topological polar surface area (TPSA) is 62.4 Å². The van der Waals surface area contributed by atoms with Gasteiger partial charge in [0.15, 0.2) is 5.82 Å². The first-order chi connectivity index (χ1) is 12.9. The van der Waals surface area contributed by atoms with Gasteiger partial charge in [-0.3, -0.25) is 4.79 Å². The average molecular weight is 405 g/mol. The molecule has 0 aliphatic rings. The number of benzene rings is 1. The number of thiophene rings is 1. The molecule has 144 valence electrons. The summed E-state index contributed by atoms with van der Waals surface area (Å²) in [6.07, 6.45) is 2.04. The van der Waals surface area contributed by atoms with E-state index in [0.717, 1.165) is 39.2 Å². The van der Waals surface area contributed by atoms with Crippen LogP contribution < -0.4 is 10.9 Å². The van der Waals surface area contributed by atoms with Crippen molar-refractivity contribution < 1.29 is 5.32 Å². The second-order valence-corrected chi connectivity index (χ2v) is 8.91. The summed E-state index contributed by atoms with van der Waals surface area (Å²) < 4.78 is 0. The van der Waals surface area contributed by atoms with Crippen LogP contribution in [0.4, 0.5) is 0 Å². The SMILES string of the molecule is CC[C@@H](C)Cc1c(C)sc2nc(C[NH2+][C@H](C)c3ccccc3Cl)[nH]c(=O)c12. The molecule has 0 fully saturated rings. The van der Waals surface area contributed by atoms with Crippen LogP contribution >= 0.6 is 22.9 Å². The summed E-state index contributed by atoms with van der Waals surface area (Å²) >= 11 is 7.91. The van der Waals surface area contributed by atoms with E-state index >= 15 is 0 Å².